The van der Waals surface area contributed by atoms with Crippen molar-refractivity contribution in [3.63, 3.8) is 0 Å². The second-order valence-corrected chi connectivity index (χ2v) is 5.90. The quantitative estimate of drug-likeness (QED) is 0.515. The summed E-state index contributed by atoms with van der Waals surface area (Å²) in [6.07, 6.45) is 2.75. The molecule has 0 aliphatic heterocycles. The molecule has 28 heavy (non-hydrogen) atoms. The van der Waals surface area contributed by atoms with E-state index in [0.29, 0.717) is 22.6 Å². The minimum absolute atomic E-state index is 0.0878. The molecule has 0 aliphatic rings. The third-order valence-corrected chi connectivity index (χ3v) is 3.95. The molecule has 7 heteroatoms. The van der Waals surface area contributed by atoms with E-state index in [-0.39, 0.29) is 6.54 Å². The van der Waals surface area contributed by atoms with Crippen LogP contribution in [0, 0.1) is 5.82 Å². The fourth-order valence-corrected chi connectivity index (χ4v) is 2.38. The van der Waals surface area contributed by atoms with E-state index in [1.807, 2.05) is 0 Å². The van der Waals surface area contributed by atoms with Crippen LogP contribution in [0.2, 0.25) is 0 Å². The van der Waals surface area contributed by atoms with Crippen LogP contribution in [0.4, 0.5) is 4.39 Å². The van der Waals surface area contributed by atoms with E-state index in [2.05, 4.69) is 0 Å². The molecule has 0 radical (unpaired) electrons. The number of carbonyl (C=O) groups excluding carboxylic acids is 2. The summed E-state index contributed by atoms with van der Waals surface area (Å²) >= 11 is 0. The van der Waals surface area contributed by atoms with Gasteiger partial charge in [0.15, 0.2) is 18.1 Å². The number of likely N-dealkylation sites (N-methyl/N-ethyl adjacent to an activating group) is 1. The van der Waals surface area contributed by atoms with Gasteiger partial charge in [0.25, 0.3) is 5.91 Å². The van der Waals surface area contributed by atoms with Crippen molar-refractivity contribution in [2.75, 3.05) is 27.9 Å². The Morgan fingerprint density at radius 2 is 1.79 bits per heavy atom. The van der Waals surface area contributed by atoms with Crippen LogP contribution in [0.1, 0.15) is 11.1 Å². The maximum absolute atomic E-state index is 13.6. The van der Waals surface area contributed by atoms with E-state index in [1.165, 1.54) is 44.4 Å². The smallest absolute Gasteiger partial charge is 0.331 e. The summed E-state index contributed by atoms with van der Waals surface area (Å²) in [5.41, 5.74) is 1.09. The van der Waals surface area contributed by atoms with Gasteiger partial charge in [0, 0.05) is 25.2 Å². The Morgan fingerprint density at radius 1 is 1.07 bits per heavy atom. The van der Waals surface area contributed by atoms with Crippen molar-refractivity contribution in [2.24, 2.45) is 0 Å². The van der Waals surface area contributed by atoms with Crippen molar-refractivity contribution in [3.05, 3.63) is 65.5 Å². The summed E-state index contributed by atoms with van der Waals surface area (Å²) in [7, 11) is 4.57. The molecule has 0 heterocycles. The molecule has 0 N–H and O–H groups in total. The number of methoxy groups -OCH3 is 2. The largest absolute Gasteiger partial charge is 0.493 e. The summed E-state index contributed by atoms with van der Waals surface area (Å²) < 4.78 is 28.9. The standard InChI is InChI=1S/C21H22FNO5/c1-23(13-16-6-4-5-7-17(16)22)20(24)14-28-21(25)11-9-15-8-10-18(26-2)19(12-15)27-3/h4-12H,13-14H2,1-3H3/b11-9+. The number of hydrogen-bond donors (Lipinski definition) is 0. The first-order valence-electron chi connectivity index (χ1n) is 8.48. The van der Waals surface area contributed by atoms with E-state index in [1.54, 1.807) is 36.4 Å². The molecule has 0 spiro atoms. The Bertz CT molecular complexity index is 866. The lowest BCUT2D eigenvalue weighted by Crippen LogP contribution is -2.30. The first kappa shape index (κ1) is 21.0. The Balaban J connectivity index is 1.87. The Labute approximate surface area is 163 Å². The molecule has 0 bridgehead atoms. The van der Waals surface area contributed by atoms with Crippen LogP contribution < -0.4 is 9.47 Å². The Kier molecular flexibility index (Phi) is 7.56. The molecule has 0 saturated carbocycles. The SMILES string of the molecule is COc1ccc(/C=C/C(=O)OCC(=O)N(C)Cc2ccccc2F)cc1OC. The number of hydrogen-bond acceptors (Lipinski definition) is 5. The van der Waals surface area contributed by atoms with E-state index < -0.39 is 24.3 Å². The molecule has 0 atom stereocenters. The first-order valence-corrected chi connectivity index (χ1v) is 8.48. The zero-order valence-electron chi connectivity index (χ0n) is 16.0. The molecule has 0 aromatic heterocycles. The number of halogens is 1. The molecule has 1 amide bonds. The van der Waals surface area contributed by atoms with E-state index in [4.69, 9.17) is 14.2 Å². The van der Waals surface area contributed by atoms with Gasteiger partial charge in [-0.3, -0.25) is 4.79 Å². The van der Waals surface area contributed by atoms with Crippen molar-refractivity contribution < 1.29 is 28.2 Å². The maximum Gasteiger partial charge on any atom is 0.331 e. The van der Waals surface area contributed by atoms with Crippen LogP contribution in [-0.4, -0.2) is 44.7 Å². The number of nitrogens with zero attached hydrogens (tertiary/aromatic N) is 1. The lowest BCUT2D eigenvalue weighted by atomic mass is 10.2. The van der Waals surface area contributed by atoms with Gasteiger partial charge < -0.3 is 19.1 Å². The van der Waals surface area contributed by atoms with Crippen LogP contribution in [0.25, 0.3) is 6.08 Å². The summed E-state index contributed by atoms with van der Waals surface area (Å²) in [5, 5.41) is 0. The third kappa shape index (κ3) is 5.84. The molecule has 2 rings (SSSR count). The molecule has 0 aliphatic carbocycles. The Hall–Kier alpha value is -3.35. The van der Waals surface area contributed by atoms with Crippen LogP contribution in [-0.2, 0) is 20.9 Å². The zero-order valence-corrected chi connectivity index (χ0v) is 16.0. The van der Waals surface area contributed by atoms with Gasteiger partial charge in [-0.25, -0.2) is 9.18 Å². The number of benzene rings is 2. The van der Waals surface area contributed by atoms with E-state index >= 15 is 0 Å². The molecule has 6 nitrogen and oxygen atoms in total. The highest BCUT2D eigenvalue weighted by Crippen LogP contribution is 2.27. The highest BCUT2D eigenvalue weighted by Gasteiger charge is 2.13. The number of rotatable bonds is 8. The predicted octanol–water partition coefficient (Wildman–Crippen LogP) is 3.06. The average Bonchev–Trinajstić information content (AvgIpc) is 2.71. The molecule has 148 valence electrons. The molecule has 0 saturated heterocycles. The highest BCUT2D eigenvalue weighted by molar-refractivity contribution is 5.89. The van der Waals surface area contributed by atoms with Crippen LogP contribution in [0.15, 0.2) is 48.5 Å². The molecule has 0 unspecified atom stereocenters. The van der Waals surface area contributed by atoms with Crippen LogP contribution >= 0.6 is 0 Å². The highest BCUT2D eigenvalue weighted by atomic mass is 19.1. The summed E-state index contributed by atoms with van der Waals surface area (Å²) in [6.45, 7) is -0.343. The fourth-order valence-electron chi connectivity index (χ4n) is 2.38. The fraction of sp³-hybridized carbons (Fsp3) is 0.238. The van der Waals surface area contributed by atoms with Crippen molar-refractivity contribution in [1.82, 2.24) is 4.90 Å². The van der Waals surface area contributed by atoms with Crippen LogP contribution in [0.3, 0.4) is 0 Å². The van der Waals surface area contributed by atoms with Gasteiger partial charge in [-0.1, -0.05) is 24.3 Å². The van der Waals surface area contributed by atoms with Gasteiger partial charge >= 0.3 is 5.97 Å². The number of esters is 1. The van der Waals surface area contributed by atoms with Gasteiger partial charge in [0.2, 0.25) is 0 Å². The normalized spacial score (nSPS) is 10.6. The second kappa shape index (κ2) is 10.1. The van der Waals surface area contributed by atoms with Crippen molar-refractivity contribution in [2.45, 2.75) is 6.54 Å². The van der Waals surface area contributed by atoms with E-state index in [0.717, 1.165) is 0 Å². The average molecular weight is 387 g/mol. The van der Waals surface area contributed by atoms with Crippen molar-refractivity contribution >= 4 is 18.0 Å². The minimum Gasteiger partial charge on any atom is -0.493 e. The van der Waals surface area contributed by atoms with Gasteiger partial charge in [0.05, 0.1) is 14.2 Å². The number of carbonyl (C=O) groups is 2. The van der Waals surface area contributed by atoms with Crippen molar-refractivity contribution in [1.29, 1.82) is 0 Å². The number of amides is 1. The lowest BCUT2D eigenvalue weighted by Gasteiger charge is -2.17. The summed E-state index contributed by atoms with van der Waals surface area (Å²) in [6, 6.07) is 11.4. The first-order chi connectivity index (χ1) is 13.4. The summed E-state index contributed by atoms with van der Waals surface area (Å²) in [4.78, 5) is 25.2. The number of ether oxygens (including phenoxy) is 3. The lowest BCUT2D eigenvalue weighted by molar-refractivity contribution is -0.147. The minimum atomic E-state index is -0.664. The monoisotopic (exact) mass is 387 g/mol. The zero-order chi connectivity index (χ0) is 20.5. The van der Waals surface area contributed by atoms with E-state index in [9.17, 15) is 14.0 Å². The van der Waals surface area contributed by atoms with Gasteiger partial charge in [-0.15, -0.1) is 0 Å². The molecule has 0 fully saturated rings. The third-order valence-electron chi connectivity index (χ3n) is 3.95. The van der Waals surface area contributed by atoms with Crippen molar-refractivity contribution in [3.8, 4) is 11.5 Å². The maximum atomic E-state index is 13.6. The Morgan fingerprint density at radius 3 is 2.46 bits per heavy atom. The predicted molar refractivity (Wildman–Crippen MR) is 102 cm³/mol. The second-order valence-electron chi connectivity index (χ2n) is 5.90. The van der Waals surface area contributed by atoms with Gasteiger partial charge in [-0.2, -0.15) is 0 Å². The summed E-state index contributed by atoms with van der Waals surface area (Å²) in [5.74, 6) is -0.385. The van der Waals surface area contributed by atoms with Gasteiger partial charge in [-0.05, 0) is 29.8 Å². The van der Waals surface area contributed by atoms with Crippen LogP contribution in [0.5, 0.6) is 11.5 Å². The molecule has 2 aromatic rings. The molecule has 2 aromatic carbocycles. The molecular weight excluding hydrogens is 365 g/mol. The molecular formula is C21H22FNO5. The van der Waals surface area contributed by atoms with Gasteiger partial charge in [0.1, 0.15) is 5.82 Å². The topological polar surface area (TPSA) is 65.1 Å².